The number of hydrogen-bond donors (Lipinski definition) is 0. The van der Waals surface area contributed by atoms with Crippen LogP contribution in [-0.4, -0.2) is 31.8 Å². The first kappa shape index (κ1) is 20.5. The van der Waals surface area contributed by atoms with Gasteiger partial charge in [-0.25, -0.2) is 8.42 Å². The Morgan fingerprint density at radius 3 is 2.31 bits per heavy atom. The van der Waals surface area contributed by atoms with E-state index in [1.165, 1.54) is 28.6 Å². The van der Waals surface area contributed by atoms with Crippen LogP contribution in [0.5, 0.6) is 0 Å². The summed E-state index contributed by atoms with van der Waals surface area (Å²) in [6.07, 6.45) is 0.763. The summed E-state index contributed by atoms with van der Waals surface area (Å²) in [6.45, 7) is 0.538. The minimum absolute atomic E-state index is 0.0815. The van der Waals surface area contributed by atoms with E-state index in [0.717, 1.165) is 5.56 Å². The van der Waals surface area contributed by atoms with Crippen LogP contribution in [0, 0.1) is 28.6 Å². The van der Waals surface area contributed by atoms with Crippen molar-refractivity contribution in [2.75, 3.05) is 13.1 Å². The van der Waals surface area contributed by atoms with Gasteiger partial charge in [0.25, 0.3) is 0 Å². The second-order valence-corrected chi connectivity index (χ2v) is 8.67. The summed E-state index contributed by atoms with van der Waals surface area (Å²) in [5.74, 6) is -0.718. The van der Waals surface area contributed by atoms with Gasteiger partial charge in [-0.15, -0.1) is 0 Å². The van der Waals surface area contributed by atoms with Gasteiger partial charge in [-0.05, 0) is 54.8 Å². The number of carbonyl (C=O) groups excluding carboxylic acids is 1. The molecule has 0 N–H and O–H groups in total. The summed E-state index contributed by atoms with van der Waals surface area (Å²) in [5.41, 5.74) is 1.63. The third-order valence-corrected chi connectivity index (χ3v) is 6.76. The fourth-order valence-electron chi connectivity index (χ4n) is 3.19. The van der Waals surface area contributed by atoms with Crippen molar-refractivity contribution >= 4 is 16.0 Å². The average molecular weight is 409 g/mol. The molecule has 0 radical (unpaired) electrons. The van der Waals surface area contributed by atoms with E-state index in [-0.39, 0.29) is 36.5 Å². The Hall–Kier alpha value is -3.20. The molecule has 0 aliphatic carbocycles. The van der Waals surface area contributed by atoms with Crippen LogP contribution < -0.4 is 0 Å². The van der Waals surface area contributed by atoms with Crippen LogP contribution >= 0.6 is 0 Å². The van der Waals surface area contributed by atoms with Gasteiger partial charge in [-0.2, -0.15) is 14.8 Å². The Bertz CT molecular complexity index is 1070. The number of ether oxygens (including phenoxy) is 1. The number of esters is 1. The molecular weight excluding hydrogens is 390 g/mol. The lowest BCUT2D eigenvalue weighted by Gasteiger charge is -2.30. The highest BCUT2D eigenvalue weighted by Crippen LogP contribution is 2.25. The van der Waals surface area contributed by atoms with Crippen molar-refractivity contribution in [3.05, 3.63) is 65.2 Å². The molecule has 0 saturated carbocycles. The van der Waals surface area contributed by atoms with E-state index in [4.69, 9.17) is 15.3 Å². The summed E-state index contributed by atoms with van der Waals surface area (Å²) in [5, 5.41) is 17.8. The molecule has 0 bridgehead atoms. The summed E-state index contributed by atoms with van der Waals surface area (Å²) >= 11 is 0. The molecule has 2 aromatic rings. The molecule has 1 aliphatic rings. The number of nitrogens with zero attached hydrogens (tertiary/aromatic N) is 3. The van der Waals surface area contributed by atoms with Crippen molar-refractivity contribution in [1.82, 2.24) is 4.31 Å². The van der Waals surface area contributed by atoms with Crippen LogP contribution in [0.15, 0.2) is 53.4 Å². The molecule has 0 spiro atoms. The monoisotopic (exact) mass is 409 g/mol. The minimum Gasteiger partial charge on any atom is -0.461 e. The number of benzene rings is 2. The number of carbonyl (C=O) groups is 1. The van der Waals surface area contributed by atoms with Crippen LogP contribution in [0.2, 0.25) is 0 Å². The molecule has 7 nitrogen and oxygen atoms in total. The van der Waals surface area contributed by atoms with Gasteiger partial charge in [-0.1, -0.05) is 12.1 Å². The summed E-state index contributed by atoms with van der Waals surface area (Å²) in [6, 6.07) is 16.6. The second kappa shape index (κ2) is 8.87. The lowest BCUT2D eigenvalue weighted by molar-refractivity contribution is -0.151. The van der Waals surface area contributed by atoms with Crippen LogP contribution in [0.25, 0.3) is 0 Å². The third kappa shape index (κ3) is 4.80. The quantitative estimate of drug-likeness (QED) is 0.702. The Balaban J connectivity index is 1.55. The fourth-order valence-corrected chi connectivity index (χ4v) is 4.66. The lowest BCUT2D eigenvalue weighted by atomic mass is 9.98. The molecule has 8 heteroatoms. The number of sulfonamides is 1. The van der Waals surface area contributed by atoms with E-state index >= 15 is 0 Å². The van der Waals surface area contributed by atoms with Crippen LogP contribution in [0.1, 0.15) is 29.5 Å². The minimum atomic E-state index is -3.66. The van der Waals surface area contributed by atoms with Crippen molar-refractivity contribution in [2.24, 2.45) is 5.92 Å². The molecule has 1 saturated heterocycles. The first-order valence-corrected chi connectivity index (χ1v) is 10.5. The molecule has 1 fully saturated rings. The first-order valence-electron chi connectivity index (χ1n) is 9.10. The molecule has 3 rings (SSSR count). The largest absolute Gasteiger partial charge is 0.461 e. The van der Waals surface area contributed by atoms with Crippen molar-refractivity contribution in [2.45, 2.75) is 24.3 Å². The van der Waals surface area contributed by atoms with Gasteiger partial charge >= 0.3 is 5.97 Å². The average Bonchev–Trinajstić information content (AvgIpc) is 2.77. The first-order chi connectivity index (χ1) is 13.9. The number of hydrogen-bond acceptors (Lipinski definition) is 6. The van der Waals surface area contributed by atoms with Crippen LogP contribution in [0.4, 0.5) is 0 Å². The summed E-state index contributed by atoms with van der Waals surface area (Å²) < 4.78 is 32.2. The highest BCUT2D eigenvalue weighted by molar-refractivity contribution is 7.89. The van der Waals surface area contributed by atoms with E-state index in [1.54, 1.807) is 24.3 Å². The molecule has 1 heterocycles. The van der Waals surface area contributed by atoms with Gasteiger partial charge in [0.15, 0.2) is 0 Å². The Morgan fingerprint density at radius 1 is 1.03 bits per heavy atom. The van der Waals surface area contributed by atoms with Gasteiger partial charge in [0.1, 0.15) is 6.61 Å². The lowest BCUT2D eigenvalue weighted by Crippen LogP contribution is -2.40. The Kier molecular flexibility index (Phi) is 6.28. The van der Waals surface area contributed by atoms with Crippen LogP contribution in [-0.2, 0) is 26.2 Å². The SMILES string of the molecule is N#Cc1ccc(S(=O)(=O)N2CCC(C(=O)OCc3cccc(C#N)c3)CC2)cc1. The molecule has 29 heavy (non-hydrogen) atoms. The zero-order valence-electron chi connectivity index (χ0n) is 15.6. The number of rotatable bonds is 5. The number of piperidine rings is 1. The van der Waals surface area contributed by atoms with Gasteiger partial charge in [0, 0.05) is 13.1 Å². The fraction of sp³-hybridized carbons (Fsp3) is 0.286. The maximum Gasteiger partial charge on any atom is 0.309 e. The van der Waals surface area contributed by atoms with Gasteiger partial charge in [0.05, 0.1) is 34.1 Å². The smallest absolute Gasteiger partial charge is 0.309 e. The standard InChI is InChI=1S/C21H19N3O4S/c22-13-16-4-6-20(7-5-16)29(26,27)24-10-8-19(9-11-24)21(25)28-15-18-3-1-2-17(12-18)14-23/h1-7,12,19H,8-11,15H2. The zero-order chi connectivity index (χ0) is 20.9. The van der Waals surface area contributed by atoms with Crippen molar-refractivity contribution in [3.63, 3.8) is 0 Å². The third-order valence-electron chi connectivity index (χ3n) is 4.85. The molecule has 148 valence electrons. The molecule has 2 aromatic carbocycles. The van der Waals surface area contributed by atoms with Crippen molar-refractivity contribution < 1.29 is 17.9 Å². The molecule has 0 aromatic heterocycles. The summed E-state index contributed by atoms with van der Waals surface area (Å²) in [7, 11) is -3.66. The summed E-state index contributed by atoms with van der Waals surface area (Å²) in [4.78, 5) is 12.5. The van der Waals surface area contributed by atoms with E-state index in [9.17, 15) is 13.2 Å². The Morgan fingerprint density at radius 2 is 1.69 bits per heavy atom. The normalized spacial score (nSPS) is 15.2. The molecule has 1 aliphatic heterocycles. The van der Waals surface area contributed by atoms with Gasteiger partial charge in [0.2, 0.25) is 10.0 Å². The topological polar surface area (TPSA) is 111 Å². The van der Waals surface area contributed by atoms with E-state index < -0.39 is 10.0 Å². The van der Waals surface area contributed by atoms with E-state index in [1.807, 2.05) is 12.1 Å². The predicted octanol–water partition coefficient (Wildman–Crippen LogP) is 2.57. The predicted molar refractivity (Wildman–Crippen MR) is 104 cm³/mol. The van der Waals surface area contributed by atoms with Gasteiger partial charge < -0.3 is 4.74 Å². The van der Waals surface area contributed by atoms with Gasteiger partial charge in [-0.3, -0.25) is 4.79 Å². The molecule has 0 unspecified atom stereocenters. The molecular formula is C21H19N3O4S. The highest BCUT2D eigenvalue weighted by Gasteiger charge is 2.32. The van der Waals surface area contributed by atoms with Crippen molar-refractivity contribution in [3.8, 4) is 12.1 Å². The van der Waals surface area contributed by atoms with E-state index in [2.05, 4.69) is 0 Å². The molecule has 0 amide bonds. The molecule has 0 atom stereocenters. The number of nitriles is 2. The van der Waals surface area contributed by atoms with E-state index in [0.29, 0.717) is 24.0 Å². The maximum absolute atomic E-state index is 12.7. The maximum atomic E-state index is 12.7. The zero-order valence-corrected chi connectivity index (χ0v) is 16.4. The highest BCUT2D eigenvalue weighted by atomic mass is 32.2. The van der Waals surface area contributed by atoms with Crippen molar-refractivity contribution in [1.29, 1.82) is 10.5 Å². The second-order valence-electron chi connectivity index (χ2n) is 6.73. The van der Waals surface area contributed by atoms with Crippen LogP contribution in [0.3, 0.4) is 0 Å². The Labute approximate surface area is 169 Å².